The number of carboxylic acids is 1. The van der Waals surface area contributed by atoms with E-state index in [9.17, 15) is 14.7 Å². The smallest absolute Gasteiger partial charge is 0.319 e. The minimum absolute atomic E-state index is 0.0350. The summed E-state index contributed by atoms with van der Waals surface area (Å²) < 4.78 is 5.22. The molecule has 2 aliphatic rings. The number of carbonyl (C=O) groups is 2. The standard InChI is InChI=1S/C15H17NO4S/c1-20-11-4-2-3-9(7-11)13-14(15(18)19)21-8-12(17)16(13)10-5-6-10/h2-4,7,10,13-14H,5-6,8H2,1H3,(H,18,19)/t13-,14+/m1/s1. The number of hydrogen-bond donors (Lipinski definition) is 1. The Labute approximate surface area is 127 Å². The van der Waals surface area contributed by atoms with Crippen molar-refractivity contribution in [1.29, 1.82) is 0 Å². The highest BCUT2D eigenvalue weighted by molar-refractivity contribution is 8.01. The van der Waals surface area contributed by atoms with E-state index in [1.807, 2.05) is 24.3 Å². The molecule has 2 atom stereocenters. The third kappa shape index (κ3) is 2.72. The molecule has 2 fully saturated rings. The Morgan fingerprint density at radius 1 is 1.43 bits per heavy atom. The molecule has 21 heavy (non-hydrogen) atoms. The zero-order valence-electron chi connectivity index (χ0n) is 11.7. The van der Waals surface area contributed by atoms with Crippen LogP contribution < -0.4 is 4.74 Å². The fourth-order valence-corrected chi connectivity index (χ4v) is 3.86. The first-order valence-corrected chi connectivity index (χ1v) is 7.96. The first-order valence-electron chi connectivity index (χ1n) is 6.91. The molecule has 5 nitrogen and oxygen atoms in total. The molecule has 1 aliphatic carbocycles. The Hall–Kier alpha value is -1.69. The number of benzene rings is 1. The maximum absolute atomic E-state index is 12.3. The maximum Gasteiger partial charge on any atom is 0.319 e. The number of methoxy groups -OCH3 is 1. The van der Waals surface area contributed by atoms with E-state index in [1.54, 1.807) is 12.0 Å². The van der Waals surface area contributed by atoms with Gasteiger partial charge in [-0.3, -0.25) is 9.59 Å². The molecule has 1 heterocycles. The number of rotatable bonds is 4. The number of carboxylic acid groups (broad SMARTS) is 1. The Bertz CT molecular complexity index is 573. The van der Waals surface area contributed by atoms with Gasteiger partial charge in [-0.15, -0.1) is 11.8 Å². The minimum atomic E-state index is -0.869. The molecular weight excluding hydrogens is 290 g/mol. The van der Waals surface area contributed by atoms with E-state index in [0.717, 1.165) is 18.4 Å². The zero-order valence-corrected chi connectivity index (χ0v) is 12.5. The van der Waals surface area contributed by atoms with Crippen LogP contribution in [0.5, 0.6) is 5.75 Å². The SMILES string of the molecule is COc1cccc([C@@H]2[C@@H](C(=O)O)SCC(=O)N2C2CC2)c1. The molecule has 1 saturated heterocycles. The molecule has 1 aromatic rings. The molecule has 1 amide bonds. The Morgan fingerprint density at radius 2 is 2.19 bits per heavy atom. The van der Waals surface area contributed by atoms with Gasteiger partial charge in [-0.1, -0.05) is 12.1 Å². The molecule has 3 rings (SSSR count). The summed E-state index contributed by atoms with van der Waals surface area (Å²) in [5, 5.41) is 8.88. The first kappa shape index (κ1) is 14.3. The van der Waals surface area contributed by atoms with Crippen LogP contribution in [0.25, 0.3) is 0 Å². The van der Waals surface area contributed by atoms with Gasteiger partial charge in [0, 0.05) is 6.04 Å². The second-order valence-corrected chi connectivity index (χ2v) is 6.45. The van der Waals surface area contributed by atoms with Gasteiger partial charge in [-0.05, 0) is 30.5 Å². The van der Waals surface area contributed by atoms with Crippen molar-refractivity contribution in [3.8, 4) is 5.75 Å². The molecule has 0 radical (unpaired) electrons. The van der Waals surface area contributed by atoms with E-state index < -0.39 is 17.3 Å². The van der Waals surface area contributed by atoms with Gasteiger partial charge < -0.3 is 14.7 Å². The molecule has 0 aromatic heterocycles. The fourth-order valence-electron chi connectivity index (χ4n) is 2.78. The van der Waals surface area contributed by atoms with E-state index in [4.69, 9.17) is 4.74 Å². The third-order valence-corrected chi connectivity index (χ3v) is 5.11. The Kier molecular flexibility index (Phi) is 3.80. The highest BCUT2D eigenvalue weighted by atomic mass is 32.2. The van der Waals surface area contributed by atoms with Gasteiger partial charge in [-0.25, -0.2) is 0 Å². The van der Waals surface area contributed by atoms with Gasteiger partial charge in [-0.2, -0.15) is 0 Å². The molecule has 0 bridgehead atoms. The summed E-state index contributed by atoms with van der Waals surface area (Å²) in [7, 11) is 1.58. The average Bonchev–Trinajstić information content (AvgIpc) is 3.31. The number of nitrogens with zero attached hydrogens (tertiary/aromatic N) is 1. The average molecular weight is 307 g/mol. The number of thioether (sulfide) groups is 1. The maximum atomic E-state index is 12.3. The van der Waals surface area contributed by atoms with Crippen LogP contribution >= 0.6 is 11.8 Å². The topological polar surface area (TPSA) is 66.8 Å². The number of carbonyl (C=O) groups excluding carboxylic acids is 1. The highest BCUT2D eigenvalue weighted by Crippen LogP contribution is 2.43. The summed E-state index contributed by atoms with van der Waals surface area (Å²) >= 11 is 1.21. The molecule has 1 aliphatic heterocycles. The summed E-state index contributed by atoms with van der Waals surface area (Å²) in [6.07, 6.45) is 1.92. The normalized spacial score (nSPS) is 25.8. The number of aliphatic carboxylic acids is 1. The van der Waals surface area contributed by atoms with Crippen LogP contribution in [0.3, 0.4) is 0 Å². The molecule has 0 spiro atoms. The highest BCUT2D eigenvalue weighted by Gasteiger charge is 2.47. The second kappa shape index (κ2) is 5.60. The third-order valence-electron chi connectivity index (χ3n) is 3.88. The van der Waals surface area contributed by atoms with Crippen LogP contribution in [-0.2, 0) is 9.59 Å². The van der Waals surface area contributed by atoms with Crippen LogP contribution in [0.1, 0.15) is 24.4 Å². The van der Waals surface area contributed by atoms with Gasteiger partial charge in [0.15, 0.2) is 0 Å². The van der Waals surface area contributed by atoms with Crippen LogP contribution in [0.4, 0.5) is 0 Å². The quantitative estimate of drug-likeness (QED) is 0.920. The van der Waals surface area contributed by atoms with Gasteiger partial charge in [0.05, 0.1) is 18.9 Å². The summed E-state index contributed by atoms with van der Waals surface area (Å²) in [5.74, 6) is 0.0858. The second-order valence-electron chi connectivity index (χ2n) is 5.32. The van der Waals surface area contributed by atoms with Crippen molar-refractivity contribution in [3.05, 3.63) is 29.8 Å². The van der Waals surface area contributed by atoms with Gasteiger partial charge in [0.25, 0.3) is 0 Å². The first-order chi connectivity index (χ1) is 10.1. The van der Waals surface area contributed by atoms with E-state index in [0.29, 0.717) is 5.75 Å². The lowest BCUT2D eigenvalue weighted by molar-refractivity contribution is -0.140. The molecule has 1 N–H and O–H groups in total. The minimum Gasteiger partial charge on any atom is -0.497 e. The van der Waals surface area contributed by atoms with Crippen LogP contribution in [0.2, 0.25) is 0 Å². The Balaban J connectivity index is 2.01. The summed E-state index contributed by atoms with van der Waals surface area (Å²) in [6, 6.07) is 7.13. The summed E-state index contributed by atoms with van der Waals surface area (Å²) in [5.41, 5.74) is 0.828. The Morgan fingerprint density at radius 3 is 2.81 bits per heavy atom. The van der Waals surface area contributed by atoms with Gasteiger partial charge in [0.2, 0.25) is 5.91 Å². The number of ether oxygens (including phenoxy) is 1. The molecule has 0 unspecified atom stereocenters. The molecule has 1 aromatic carbocycles. The molecule has 1 saturated carbocycles. The van der Waals surface area contributed by atoms with Crippen LogP contribution in [0, 0.1) is 0 Å². The van der Waals surface area contributed by atoms with E-state index in [2.05, 4.69) is 0 Å². The lowest BCUT2D eigenvalue weighted by Gasteiger charge is -2.39. The number of hydrogen-bond acceptors (Lipinski definition) is 4. The largest absolute Gasteiger partial charge is 0.497 e. The molecule has 112 valence electrons. The van der Waals surface area contributed by atoms with Crippen molar-refractivity contribution in [1.82, 2.24) is 4.90 Å². The fraction of sp³-hybridized carbons (Fsp3) is 0.467. The molecular formula is C15H17NO4S. The monoisotopic (exact) mass is 307 g/mol. The van der Waals surface area contributed by atoms with E-state index >= 15 is 0 Å². The number of amides is 1. The predicted octanol–water partition coefficient (Wildman–Crippen LogP) is 1.93. The lowest BCUT2D eigenvalue weighted by Crippen LogP contribution is -2.48. The molecule has 6 heteroatoms. The van der Waals surface area contributed by atoms with Crippen LogP contribution in [-0.4, -0.2) is 46.0 Å². The van der Waals surface area contributed by atoms with E-state index in [1.165, 1.54) is 11.8 Å². The van der Waals surface area contributed by atoms with Crippen molar-refractivity contribution in [2.45, 2.75) is 30.2 Å². The van der Waals surface area contributed by atoms with Gasteiger partial charge >= 0.3 is 5.97 Å². The van der Waals surface area contributed by atoms with Crippen molar-refractivity contribution in [2.24, 2.45) is 0 Å². The zero-order chi connectivity index (χ0) is 15.0. The van der Waals surface area contributed by atoms with Crippen molar-refractivity contribution < 1.29 is 19.4 Å². The summed E-state index contributed by atoms with van der Waals surface area (Å²) in [4.78, 5) is 25.6. The van der Waals surface area contributed by atoms with E-state index in [-0.39, 0.29) is 17.7 Å². The van der Waals surface area contributed by atoms with Crippen molar-refractivity contribution >= 4 is 23.6 Å². The summed E-state index contributed by atoms with van der Waals surface area (Å²) in [6.45, 7) is 0. The lowest BCUT2D eigenvalue weighted by atomic mass is 10.00. The van der Waals surface area contributed by atoms with Gasteiger partial charge in [0.1, 0.15) is 11.0 Å². The van der Waals surface area contributed by atoms with Crippen molar-refractivity contribution in [2.75, 3.05) is 12.9 Å². The van der Waals surface area contributed by atoms with Crippen molar-refractivity contribution in [3.63, 3.8) is 0 Å². The van der Waals surface area contributed by atoms with Crippen LogP contribution in [0.15, 0.2) is 24.3 Å². The predicted molar refractivity (Wildman–Crippen MR) is 79.5 cm³/mol.